The van der Waals surface area contributed by atoms with E-state index >= 15 is 0 Å². The summed E-state index contributed by atoms with van der Waals surface area (Å²) < 4.78 is 8.34. The summed E-state index contributed by atoms with van der Waals surface area (Å²) in [5, 5.41) is 8.04. The van der Waals surface area contributed by atoms with Gasteiger partial charge < -0.3 is 15.0 Å². The second-order valence-corrected chi connectivity index (χ2v) is 6.00. The Hall–Kier alpha value is -0.430. The van der Waals surface area contributed by atoms with Crippen LogP contribution in [0.3, 0.4) is 0 Å². The van der Waals surface area contributed by atoms with Crippen LogP contribution < -0.4 is 5.32 Å². The van der Waals surface area contributed by atoms with Crippen LogP contribution in [0.4, 0.5) is 0 Å². The topological polar surface area (TPSA) is 42.3 Å². The number of aromatic nitrogens is 2. The second-order valence-electron chi connectivity index (χ2n) is 5.15. The van der Waals surface area contributed by atoms with E-state index in [9.17, 15) is 0 Å². The van der Waals surface area contributed by atoms with E-state index in [1.807, 2.05) is 6.20 Å². The third kappa shape index (κ3) is 5.52. The van der Waals surface area contributed by atoms with E-state index in [4.69, 9.17) is 4.74 Å². The third-order valence-corrected chi connectivity index (χ3v) is 3.83. The van der Waals surface area contributed by atoms with E-state index < -0.39 is 0 Å². The van der Waals surface area contributed by atoms with Crippen LogP contribution in [-0.2, 0) is 11.3 Å². The molecule has 6 heteroatoms. The molecule has 0 fully saturated rings. The van der Waals surface area contributed by atoms with Crippen molar-refractivity contribution >= 4 is 15.9 Å². The SMILES string of the molecule is CCNC(CCCOC)c1c(Br)cnn1CCN(C)C. The average molecular weight is 347 g/mol. The summed E-state index contributed by atoms with van der Waals surface area (Å²) in [5.41, 5.74) is 1.24. The lowest BCUT2D eigenvalue weighted by Gasteiger charge is -2.21. The van der Waals surface area contributed by atoms with Crippen LogP contribution in [0.5, 0.6) is 0 Å². The first-order valence-electron chi connectivity index (χ1n) is 7.18. The Labute approximate surface area is 130 Å². The van der Waals surface area contributed by atoms with Crippen molar-refractivity contribution in [2.45, 2.75) is 32.4 Å². The summed E-state index contributed by atoms with van der Waals surface area (Å²) in [6, 6.07) is 0.314. The summed E-state index contributed by atoms with van der Waals surface area (Å²) in [7, 11) is 5.91. The Morgan fingerprint density at radius 1 is 1.50 bits per heavy atom. The zero-order valence-electron chi connectivity index (χ0n) is 13.0. The molecule has 1 aromatic heterocycles. The van der Waals surface area contributed by atoms with Gasteiger partial charge in [0.15, 0.2) is 0 Å². The predicted octanol–water partition coefficient (Wildman–Crippen LogP) is 2.28. The molecule has 0 amide bonds. The molecule has 0 aliphatic carbocycles. The quantitative estimate of drug-likeness (QED) is 0.660. The lowest BCUT2D eigenvalue weighted by molar-refractivity contribution is 0.188. The highest BCUT2D eigenvalue weighted by Gasteiger charge is 2.19. The van der Waals surface area contributed by atoms with Gasteiger partial charge in [-0.05, 0) is 49.4 Å². The van der Waals surface area contributed by atoms with Crippen LogP contribution in [0.1, 0.15) is 31.5 Å². The Morgan fingerprint density at radius 3 is 2.85 bits per heavy atom. The highest BCUT2D eigenvalue weighted by molar-refractivity contribution is 9.10. The molecule has 0 bridgehead atoms. The number of halogens is 1. The van der Waals surface area contributed by atoms with Gasteiger partial charge in [-0.3, -0.25) is 4.68 Å². The van der Waals surface area contributed by atoms with E-state index in [-0.39, 0.29) is 0 Å². The van der Waals surface area contributed by atoms with Crippen molar-refractivity contribution in [3.05, 3.63) is 16.4 Å². The van der Waals surface area contributed by atoms with Crippen LogP contribution >= 0.6 is 15.9 Å². The first-order valence-corrected chi connectivity index (χ1v) is 7.97. The number of methoxy groups -OCH3 is 1. The fourth-order valence-electron chi connectivity index (χ4n) is 2.20. The normalized spacial score (nSPS) is 13.1. The number of hydrogen-bond acceptors (Lipinski definition) is 4. The number of rotatable bonds is 10. The summed E-state index contributed by atoms with van der Waals surface area (Å²) in [6.07, 6.45) is 3.99. The summed E-state index contributed by atoms with van der Waals surface area (Å²) in [5.74, 6) is 0. The largest absolute Gasteiger partial charge is 0.385 e. The molecule has 5 nitrogen and oxygen atoms in total. The molecule has 116 valence electrons. The predicted molar refractivity (Wildman–Crippen MR) is 86.0 cm³/mol. The molecule has 1 N–H and O–H groups in total. The van der Waals surface area contributed by atoms with E-state index in [0.29, 0.717) is 6.04 Å². The van der Waals surface area contributed by atoms with Gasteiger partial charge in [0.25, 0.3) is 0 Å². The Morgan fingerprint density at radius 2 is 2.25 bits per heavy atom. The lowest BCUT2D eigenvalue weighted by Crippen LogP contribution is -2.27. The third-order valence-electron chi connectivity index (χ3n) is 3.21. The molecule has 0 aromatic carbocycles. The van der Waals surface area contributed by atoms with Crippen molar-refractivity contribution in [1.82, 2.24) is 20.0 Å². The lowest BCUT2D eigenvalue weighted by atomic mass is 10.1. The van der Waals surface area contributed by atoms with Crippen molar-refractivity contribution in [2.75, 3.05) is 40.9 Å². The number of nitrogens with zero attached hydrogens (tertiary/aromatic N) is 3. The Kier molecular flexibility index (Phi) is 8.37. The van der Waals surface area contributed by atoms with E-state index in [2.05, 4.69) is 56.9 Å². The van der Waals surface area contributed by atoms with E-state index in [1.54, 1.807) is 7.11 Å². The smallest absolute Gasteiger partial charge is 0.0696 e. The monoisotopic (exact) mass is 346 g/mol. The van der Waals surface area contributed by atoms with Crippen LogP contribution in [0.25, 0.3) is 0 Å². The molecule has 1 atom stereocenters. The molecule has 1 heterocycles. The molecule has 0 aliphatic rings. The number of ether oxygens (including phenoxy) is 1. The first-order chi connectivity index (χ1) is 9.60. The maximum absolute atomic E-state index is 5.16. The first kappa shape index (κ1) is 17.6. The van der Waals surface area contributed by atoms with Crippen LogP contribution in [0.15, 0.2) is 10.7 Å². The molecule has 0 aliphatic heterocycles. The van der Waals surface area contributed by atoms with Gasteiger partial charge in [0, 0.05) is 20.3 Å². The zero-order valence-corrected chi connectivity index (χ0v) is 14.6. The fourth-order valence-corrected chi connectivity index (χ4v) is 2.78. The number of hydrogen-bond donors (Lipinski definition) is 1. The minimum Gasteiger partial charge on any atom is -0.385 e. The standard InChI is InChI=1S/C14H27BrN4O/c1-5-16-13(7-6-10-20-4)14-12(15)11-17-19(14)9-8-18(2)3/h11,13,16H,5-10H2,1-4H3. The highest BCUT2D eigenvalue weighted by atomic mass is 79.9. The van der Waals surface area contributed by atoms with Gasteiger partial charge in [0.2, 0.25) is 0 Å². The molecule has 20 heavy (non-hydrogen) atoms. The van der Waals surface area contributed by atoms with Gasteiger partial charge in [0.05, 0.1) is 29.0 Å². The molecule has 0 radical (unpaired) electrons. The zero-order chi connectivity index (χ0) is 15.0. The van der Waals surface area contributed by atoms with Crippen molar-refractivity contribution in [3.8, 4) is 0 Å². The number of likely N-dealkylation sites (N-methyl/N-ethyl adjacent to an activating group) is 1. The van der Waals surface area contributed by atoms with Gasteiger partial charge in [0.1, 0.15) is 0 Å². The van der Waals surface area contributed by atoms with Gasteiger partial charge in [-0.25, -0.2) is 0 Å². The van der Waals surface area contributed by atoms with Crippen molar-refractivity contribution in [3.63, 3.8) is 0 Å². The van der Waals surface area contributed by atoms with Gasteiger partial charge >= 0.3 is 0 Å². The molecular weight excluding hydrogens is 320 g/mol. The summed E-state index contributed by atoms with van der Waals surface area (Å²) >= 11 is 3.64. The minimum atomic E-state index is 0.314. The highest BCUT2D eigenvalue weighted by Crippen LogP contribution is 2.26. The van der Waals surface area contributed by atoms with Gasteiger partial charge in [-0.15, -0.1) is 0 Å². The molecular formula is C14H27BrN4O. The summed E-state index contributed by atoms with van der Waals surface area (Å²) in [6.45, 7) is 5.77. The van der Waals surface area contributed by atoms with Gasteiger partial charge in [-0.2, -0.15) is 5.10 Å². The van der Waals surface area contributed by atoms with E-state index in [0.717, 1.165) is 43.6 Å². The van der Waals surface area contributed by atoms with Crippen molar-refractivity contribution < 1.29 is 4.74 Å². The maximum Gasteiger partial charge on any atom is 0.0696 e. The van der Waals surface area contributed by atoms with Crippen LogP contribution in [0, 0.1) is 0 Å². The minimum absolute atomic E-state index is 0.314. The molecule has 1 aromatic rings. The van der Waals surface area contributed by atoms with E-state index in [1.165, 1.54) is 5.69 Å². The molecule has 1 rings (SSSR count). The molecule has 1 unspecified atom stereocenters. The van der Waals surface area contributed by atoms with Crippen LogP contribution in [0.2, 0.25) is 0 Å². The Balaban J connectivity index is 2.79. The number of nitrogens with one attached hydrogen (secondary N) is 1. The second kappa shape index (κ2) is 9.50. The molecule has 0 saturated carbocycles. The average Bonchev–Trinajstić information content (AvgIpc) is 2.77. The van der Waals surface area contributed by atoms with Gasteiger partial charge in [-0.1, -0.05) is 6.92 Å². The summed E-state index contributed by atoms with van der Waals surface area (Å²) in [4.78, 5) is 2.17. The fraction of sp³-hybridized carbons (Fsp3) is 0.786. The van der Waals surface area contributed by atoms with Crippen LogP contribution in [-0.4, -0.2) is 55.6 Å². The molecule has 0 spiro atoms. The molecule has 0 saturated heterocycles. The van der Waals surface area contributed by atoms with Crippen molar-refractivity contribution in [1.29, 1.82) is 0 Å². The maximum atomic E-state index is 5.16. The van der Waals surface area contributed by atoms with Crippen molar-refractivity contribution in [2.24, 2.45) is 0 Å². The Bertz CT molecular complexity index is 381.